The fraction of sp³-hybridized carbons (Fsp3) is 0. The van der Waals surface area contributed by atoms with E-state index in [1.54, 1.807) is 24.3 Å². The number of hydrogen-bond donors (Lipinski definition) is 2. The maximum absolute atomic E-state index is 13.3. The molecule has 2 rings (SSSR count). The molecule has 2 aromatic carbocycles. The Balaban J connectivity index is 2.30. The zero-order valence-corrected chi connectivity index (χ0v) is 8.07. The zero-order chi connectivity index (χ0) is 10.7. The van der Waals surface area contributed by atoms with Gasteiger partial charge in [0.15, 0.2) is 0 Å². The van der Waals surface area contributed by atoms with Gasteiger partial charge in [-0.25, -0.2) is 4.39 Å². The largest absolute Gasteiger partial charge is 0.397 e. The van der Waals surface area contributed by atoms with E-state index in [-0.39, 0.29) is 5.82 Å². The molecule has 0 aromatic heterocycles. The maximum atomic E-state index is 13.3. The molecule has 76 valence electrons. The molecule has 3 heteroatoms. The normalized spacial score (nSPS) is 9.93. The molecule has 0 aliphatic rings. The van der Waals surface area contributed by atoms with Gasteiger partial charge in [0.25, 0.3) is 0 Å². The first-order valence-electron chi connectivity index (χ1n) is 4.63. The molecule has 0 unspecified atom stereocenters. The van der Waals surface area contributed by atoms with Crippen molar-refractivity contribution in [2.75, 3.05) is 11.1 Å². The van der Waals surface area contributed by atoms with Crippen LogP contribution in [0.1, 0.15) is 0 Å². The number of nitrogens with two attached hydrogens (primary N) is 1. The van der Waals surface area contributed by atoms with Crippen LogP contribution in [0.3, 0.4) is 0 Å². The lowest BCUT2D eigenvalue weighted by molar-refractivity contribution is 0.632. The molecule has 2 nitrogen and oxygen atoms in total. The van der Waals surface area contributed by atoms with Crippen molar-refractivity contribution in [1.82, 2.24) is 0 Å². The van der Waals surface area contributed by atoms with Gasteiger partial charge < -0.3 is 11.1 Å². The molecule has 15 heavy (non-hydrogen) atoms. The van der Waals surface area contributed by atoms with Crippen LogP contribution in [-0.4, -0.2) is 0 Å². The third kappa shape index (κ3) is 2.07. The standard InChI is InChI=1S/C12H11FN2/c13-9-5-1-3-7-11(9)15-12-8-4-2-6-10(12)14/h1-8,15H,14H2. The minimum Gasteiger partial charge on any atom is -0.397 e. The van der Waals surface area contributed by atoms with Crippen molar-refractivity contribution in [2.45, 2.75) is 0 Å². The van der Waals surface area contributed by atoms with E-state index in [0.29, 0.717) is 17.1 Å². The van der Waals surface area contributed by atoms with Gasteiger partial charge in [0, 0.05) is 0 Å². The number of para-hydroxylation sites is 3. The van der Waals surface area contributed by atoms with Crippen molar-refractivity contribution < 1.29 is 4.39 Å². The summed E-state index contributed by atoms with van der Waals surface area (Å²) in [5.74, 6) is -0.291. The zero-order valence-electron chi connectivity index (χ0n) is 8.07. The molecule has 0 atom stereocenters. The van der Waals surface area contributed by atoms with Gasteiger partial charge >= 0.3 is 0 Å². The molecule has 0 heterocycles. The van der Waals surface area contributed by atoms with E-state index in [0.717, 1.165) is 0 Å². The van der Waals surface area contributed by atoms with Crippen LogP contribution in [0.2, 0.25) is 0 Å². The number of rotatable bonds is 2. The van der Waals surface area contributed by atoms with Crippen molar-refractivity contribution in [1.29, 1.82) is 0 Å². The first kappa shape index (κ1) is 9.52. The van der Waals surface area contributed by atoms with Crippen LogP contribution in [0.25, 0.3) is 0 Å². The Hall–Kier alpha value is -2.03. The molecular weight excluding hydrogens is 191 g/mol. The number of nitrogen functional groups attached to an aromatic ring is 1. The minimum atomic E-state index is -0.291. The van der Waals surface area contributed by atoms with E-state index >= 15 is 0 Å². The highest BCUT2D eigenvalue weighted by Gasteiger charge is 2.02. The Morgan fingerprint density at radius 1 is 0.867 bits per heavy atom. The summed E-state index contributed by atoms with van der Waals surface area (Å²) in [6, 6.07) is 13.7. The van der Waals surface area contributed by atoms with Crippen molar-refractivity contribution >= 4 is 17.1 Å². The van der Waals surface area contributed by atoms with Crippen LogP contribution in [-0.2, 0) is 0 Å². The Kier molecular flexibility index (Phi) is 2.54. The van der Waals surface area contributed by atoms with Gasteiger partial charge in [0.2, 0.25) is 0 Å². The second-order valence-electron chi connectivity index (χ2n) is 3.19. The fourth-order valence-corrected chi connectivity index (χ4v) is 1.32. The smallest absolute Gasteiger partial charge is 0.146 e. The summed E-state index contributed by atoms with van der Waals surface area (Å²) >= 11 is 0. The highest BCUT2D eigenvalue weighted by molar-refractivity contribution is 5.72. The quantitative estimate of drug-likeness (QED) is 0.734. The number of anilines is 3. The lowest BCUT2D eigenvalue weighted by Gasteiger charge is -2.09. The molecule has 0 aliphatic carbocycles. The van der Waals surface area contributed by atoms with Crippen LogP contribution < -0.4 is 11.1 Å². The minimum absolute atomic E-state index is 0.291. The molecule has 0 radical (unpaired) electrons. The average Bonchev–Trinajstić information content (AvgIpc) is 2.24. The van der Waals surface area contributed by atoms with Crippen LogP contribution in [0.5, 0.6) is 0 Å². The molecule has 0 fully saturated rings. The second kappa shape index (κ2) is 4.00. The van der Waals surface area contributed by atoms with Gasteiger partial charge in [-0.15, -0.1) is 0 Å². The van der Waals surface area contributed by atoms with Crippen molar-refractivity contribution in [3.05, 3.63) is 54.3 Å². The molecule has 0 saturated carbocycles. The van der Waals surface area contributed by atoms with Crippen molar-refractivity contribution in [3.63, 3.8) is 0 Å². The van der Waals surface area contributed by atoms with Gasteiger partial charge in [-0.05, 0) is 24.3 Å². The highest BCUT2D eigenvalue weighted by Crippen LogP contribution is 2.23. The molecule has 0 amide bonds. The maximum Gasteiger partial charge on any atom is 0.146 e. The summed E-state index contributed by atoms with van der Waals surface area (Å²) in [5.41, 5.74) is 7.47. The van der Waals surface area contributed by atoms with Gasteiger partial charge in [0.1, 0.15) is 5.82 Å². The molecule has 3 N–H and O–H groups in total. The Bertz CT molecular complexity index is 425. The number of benzene rings is 2. The average molecular weight is 202 g/mol. The predicted molar refractivity (Wildman–Crippen MR) is 60.5 cm³/mol. The molecule has 2 aromatic rings. The molecule has 0 saturated heterocycles. The summed E-state index contributed by atoms with van der Waals surface area (Å²) in [6.45, 7) is 0. The topological polar surface area (TPSA) is 38.0 Å². The van der Waals surface area contributed by atoms with Crippen LogP contribution in [0.4, 0.5) is 21.5 Å². The number of nitrogens with one attached hydrogen (secondary N) is 1. The SMILES string of the molecule is Nc1ccccc1Nc1ccccc1F. The third-order valence-electron chi connectivity index (χ3n) is 2.10. The lowest BCUT2D eigenvalue weighted by atomic mass is 10.2. The molecule has 0 spiro atoms. The van der Waals surface area contributed by atoms with E-state index < -0.39 is 0 Å². The number of halogens is 1. The molecule has 0 aliphatic heterocycles. The van der Waals surface area contributed by atoms with E-state index in [1.165, 1.54) is 6.07 Å². The third-order valence-corrected chi connectivity index (χ3v) is 2.10. The monoisotopic (exact) mass is 202 g/mol. The van der Waals surface area contributed by atoms with E-state index in [1.807, 2.05) is 18.2 Å². The second-order valence-corrected chi connectivity index (χ2v) is 3.19. The Labute approximate surface area is 87.5 Å². The predicted octanol–water partition coefficient (Wildman–Crippen LogP) is 3.15. The van der Waals surface area contributed by atoms with Crippen LogP contribution in [0, 0.1) is 5.82 Å². The Morgan fingerprint density at radius 2 is 1.47 bits per heavy atom. The summed E-state index contributed by atoms with van der Waals surface area (Å²) in [6.07, 6.45) is 0. The first-order chi connectivity index (χ1) is 7.27. The summed E-state index contributed by atoms with van der Waals surface area (Å²) in [7, 11) is 0. The van der Waals surface area contributed by atoms with Gasteiger partial charge in [-0.1, -0.05) is 24.3 Å². The molecular formula is C12H11FN2. The summed E-state index contributed by atoms with van der Waals surface area (Å²) in [5, 5.41) is 2.94. The van der Waals surface area contributed by atoms with E-state index in [2.05, 4.69) is 5.32 Å². The Morgan fingerprint density at radius 3 is 2.13 bits per heavy atom. The van der Waals surface area contributed by atoms with Crippen LogP contribution >= 0.6 is 0 Å². The van der Waals surface area contributed by atoms with Gasteiger partial charge in [-0.3, -0.25) is 0 Å². The summed E-state index contributed by atoms with van der Waals surface area (Å²) < 4.78 is 13.3. The first-order valence-corrected chi connectivity index (χ1v) is 4.63. The molecule has 0 bridgehead atoms. The van der Waals surface area contributed by atoms with Gasteiger partial charge in [0.05, 0.1) is 17.1 Å². The van der Waals surface area contributed by atoms with E-state index in [4.69, 9.17) is 5.73 Å². The van der Waals surface area contributed by atoms with Crippen LogP contribution in [0.15, 0.2) is 48.5 Å². The van der Waals surface area contributed by atoms with Gasteiger partial charge in [-0.2, -0.15) is 0 Å². The fourth-order valence-electron chi connectivity index (χ4n) is 1.32. The van der Waals surface area contributed by atoms with Crippen molar-refractivity contribution in [2.24, 2.45) is 0 Å². The lowest BCUT2D eigenvalue weighted by Crippen LogP contribution is -1.97. The summed E-state index contributed by atoms with van der Waals surface area (Å²) in [4.78, 5) is 0. The number of hydrogen-bond acceptors (Lipinski definition) is 2. The van der Waals surface area contributed by atoms with Crippen molar-refractivity contribution in [3.8, 4) is 0 Å². The highest BCUT2D eigenvalue weighted by atomic mass is 19.1. The van der Waals surface area contributed by atoms with E-state index in [9.17, 15) is 4.39 Å².